The van der Waals surface area contributed by atoms with E-state index in [9.17, 15) is 18.0 Å². The summed E-state index contributed by atoms with van der Waals surface area (Å²) in [6, 6.07) is 2.89. The van der Waals surface area contributed by atoms with Crippen molar-refractivity contribution in [2.75, 3.05) is 0 Å². The molecule has 0 aliphatic heterocycles. The first kappa shape index (κ1) is 13.9. The molecule has 0 aliphatic carbocycles. The number of nitrogens with zero attached hydrogens (tertiary/aromatic N) is 1. The van der Waals surface area contributed by atoms with E-state index in [4.69, 9.17) is 4.74 Å². The number of nitrogens with one attached hydrogen (secondary N) is 1. The van der Waals surface area contributed by atoms with Gasteiger partial charge in [-0.15, -0.1) is 0 Å². The van der Waals surface area contributed by atoms with Crippen LogP contribution in [-0.2, 0) is 0 Å². The standard InChI is InChI=1S/C11H8BrF3N2O2/c1-5(11(13,14)15)19-8-3-7(12)2-6-4-16-17-10(18)9(6)8/h2-5H,1H3,(H,17,18)/t5-/m0/s1. The van der Waals surface area contributed by atoms with Gasteiger partial charge in [0.2, 0.25) is 0 Å². The van der Waals surface area contributed by atoms with Gasteiger partial charge in [0.05, 0.1) is 11.6 Å². The average molecular weight is 337 g/mol. The molecule has 19 heavy (non-hydrogen) atoms. The molecule has 0 radical (unpaired) electrons. The van der Waals surface area contributed by atoms with Crippen LogP contribution in [0, 0.1) is 0 Å². The molecule has 0 saturated carbocycles. The number of benzene rings is 1. The van der Waals surface area contributed by atoms with Gasteiger partial charge in [-0.1, -0.05) is 15.9 Å². The molecule has 0 spiro atoms. The Hall–Kier alpha value is -1.57. The van der Waals surface area contributed by atoms with Crippen LogP contribution in [0.15, 0.2) is 27.6 Å². The van der Waals surface area contributed by atoms with Crippen LogP contribution in [0.2, 0.25) is 0 Å². The molecule has 1 atom stereocenters. The zero-order valence-corrected chi connectivity index (χ0v) is 11.2. The lowest BCUT2D eigenvalue weighted by atomic mass is 10.2. The fourth-order valence-corrected chi connectivity index (χ4v) is 1.97. The van der Waals surface area contributed by atoms with Gasteiger partial charge in [-0.2, -0.15) is 18.3 Å². The van der Waals surface area contributed by atoms with E-state index in [1.54, 1.807) is 6.07 Å². The SMILES string of the molecule is C[C@H](Oc1cc(Br)cc2cn[nH]c(=O)c12)C(F)(F)F. The maximum absolute atomic E-state index is 12.5. The largest absolute Gasteiger partial charge is 0.480 e. The number of rotatable bonds is 2. The summed E-state index contributed by atoms with van der Waals surface area (Å²) in [6.07, 6.45) is -5.18. The molecule has 0 amide bonds. The Morgan fingerprint density at radius 3 is 2.74 bits per heavy atom. The molecule has 4 nitrogen and oxygen atoms in total. The first-order chi connectivity index (χ1) is 8.79. The van der Waals surface area contributed by atoms with Crippen molar-refractivity contribution in [1.29, 1.82) is 0 Å². The Morgan fingerprint density at radius 1 is 1.42 bits per heavy atom. The topological polar surface area (TPSA) is 55.0 Å². The summed E-state index contributed by atoms with van der Waals surface area (Å²) in [4.78, 5) is 11.6. The lowest BCUT2D eigenvalue weighted by Gasteiger charge is -2.18. The molecule has 0 unspecified atom stereocenters. The van der Waals surface area contributed by atoms with Gasteiger partial charge in [0.1, 0.15) is 5.75 Å². The third kappa shape index (κ3) is 2.89. The molecule has 1 aromatic carbocycles. The Balaban J connectivity index is 2.57. The van der Waals surface area contributed by atoms with Gasteiger partial charge in [0.15, 0.2) is 6.10 Å². The monoisotopic (exact) mass is 336 g/mol. The Kier molecular flexibility index (Phi) is 3.53. The van der Waals surface area contributed by atoms with E-state index in [1.807, 2.05) is 0 Å². The van der Waals surface area contributed by atoms with Crippen LogP contribution in [0.3, 0.4) is 0 Å². The van der Waals surface area contributed by atoms with Crippen molar-refractivity contribution in [3.05, 3.63) is 33.2 Å². The number of fused-ring (bicyclic) bond motifs is 1. The van der Waals surface area contributed by atoms with Gasteiger partial charge in [-0.25, -0.2) is 5.10 Å². The Labute approximate surface area is 113 Å². The van der Waals surface area contributed by atoms with Crippen LogP contribution in [0.25, 0.3) is 10.8 Å². The smallest absolute Gasteiger partial charge is 0.425 e. The van der Waals surface area contributed by atoms with Gasteiger partial charge in [-0.3, -0.25) is 4.79 Å². The third-order valence-corrected chi connectivity index (χ3v) is 2.92. The zero-order chi connectivity index (χ0) is 14.2. The molecule has 0 bridgehead atoms. The maximum atomic E-state index is 12.5. The van der Waals surface area contributed by atoms with E-state index in [0.717, 1.165) is 6.92 Å². The predicted molar refractivity (Wildman–Crippen MR) is 66.2 cm³/mol. The molecule has 2 aromatic rings. The summed E-state index contributed by atoms with van der Waals surface area (Å²) in [5.74, 6) is -0.141. The molecule has 0 saturated heterocycles. The summed E-state index contributed by atoms with van der Waals surface area (Å²) < 4.78 is 42.9. The number of alkyl halides is 3. The van der Waals surface area contributed by atoms with Crippen LogP contribution in [0.5, 0.6) is 5.75 Å². The first-order valence-corrected chi connectivity index (χ1v) is 5.98. The van der Waals surface area contributed by atoms with E-state index in [0.29, 0.717) is 9.86 Å². The van der Waals surface area contributed by atoms with Crippen molar-refractivity contribution in [1.82, 2.24) is 10.2 Å². The summed E-state index contributed by atoms with van der Waals surface area (Å²) in [5.41, 5.74) is -0.602. The van der Waals surface area contributed by atoms with Crippen molar-refractivity contribution in [2.45, 2.75) is 19.2 Å². The van der Waals surface area contributed by atoms with Crippen LogP contribution in [0.1, 0.15) is 6.92 Å². The van der Waals surface area contributed by atoms with Crippen LogP contribution in [-0.4, -0.2) is 22.5 Å². The van der Waals surface area contributed by atoms with Crippen LogP contribution >= 0.6 is 15.9 Å². The van der Waals surface area contributed by atoms with E-state index in [2.05, 4.69) is 26.1 Å². The second-order valence-electron chi connectivity index (χ2n) is 3.87. The van der Waals surface area contributed by atoms with Gasteiger partial charge in [0, 0.05) is 9.86 Å². The summed E-state index contributed by atoms with van der Waals surface area (Å²) in [6.45, 7) is 0.877. The number of ether oxygens (including phenoxy) is 1. The van der Waals surface area contributed by atoms with E-state index in [1.165, 1.54) is 12.3 Å². The molecule has 102 valence electrons. The number of hydrogen-bond donors (Lipinski definition) is 1. The molecule has 1 N–H and O–H groups in total. The van der Waals surface area contributed by atoms with Crippen molar-refractivity contribution in [2.24, 2.45) is 0 Å². The minimum Gasteiger partial charge on any atom is -0.480 e. The molecule has 1 heterocycles. The normalized spacial score (nSPS) is 13.5. The molecule has 2 rings (SSSR count). The highest BCUT2D eigenvalue weighted by Crippen LogP contribution is 2.31. The van der Waals surface area contributed by atoms with E-state index >= 15 is 0 Å². The average Bonchev–Trinajstić information content (AvgIpc) is 2.26. The molecule has 0 aliphatic rings. The number of H-pyrrole nitrogens is 1. The Morgan fingerprint density at radius 2 is 2.11 bits per heavy atom. The second-order valence-corrected chi connectivity index (χ2v) is 4.78. The van der Waals surface area contributed by atoms with Gasteiger partial charge < -0.3 is 4.74 Å². The second kappa shape index (κ2) is 4.84. The molecular weight excluding hydrogens is 329 g/mol. The van der Waals surface area contributed by atoms with Crippen LogP contribution in [0.4, 0.5) is 13.2 Å². The van der Waals surface area contributed by atoms with Gasteiger partial charge >= 0.3 is 6.18 Å². The zero-order valence-electron chi connectivity index (χ0n) is 9.58. The molecular formula is C11H8BrF3N2O2. The van der Waals surface area contributed by atoms with Gasteiger partial charge in [-0.05, 0) is 19.1 Å². The number of halogens is 4. The lowest BCUT2D eigenvalue weighted by molar-refractivity contribution is -0.189. The van der Waals surface area contributed by atoms with Crippen molar-refractivity contribution in [3.8, 4) is 5.75 Å². The van der Waals surface area contributed by atoms with E-state index in [-0.39, 0.29) is 11.1 Å². The third-order valence-electron chi connectivity index (χ3n) is 2.46. The highest BCUT2D eigenvalue weighted by molar-refractivity contribution is 9.10. The molecule has 0 fully saturated rings. The quantitative estimate of drug-likeness (QED) is 0.917. The summed E-state index contributed by atoms with van der Waals surface area (Å²) in [7, 11) is 0. The first-order valence-electron chi connectivity index (χ1n) is 5.19. The minimum absolute atomic E-state index is 0.0364. The lowest BCUT2D eigenvalue weighted by Crippen LogP contribution is -2.31. The minimum atomic E-state index is -4.51. The number of aromatic amines is 1. The van der Waals surface area contributed by atoms with Crippen molar-refractivity contribution >= 4 is 26.7 Å². The van der Waals surface area contributed by atoms with Crippen molar-refractivity contribution in [3.63, 3.8) is 0 Å². The van der Waals surface area contributed by atoms with Gasteiger partial charge in [0.25, 0.3) is 5.56 Å². The van der Waals surface area contributed by atoms with Crippen LogP contribution < -0.4 is 10.3 Å². The fraction of sp³-hybridized carbons (Fsp3) is 0.273. The van der Waals surface area contributed by atoms with Crippen molar-refractivity contribution < 1.29 is 17.9 Å². The molecule has 8 heteroatoms. The fourth-order valence-electron chi connectivity index (χ4n) is 1.51. The highest BCUT2D eigenvalue weighted by Gasteiger charge is 2.38. The highest BCUT2D eigenvalue weighted by atomic mass is 79.9. The Bertz CT molecular complexity index is 669. The van der Waals surface area contributed by atoms with E-state index < -0.39 is 17.8 Å². The summed E-state index contributed by atoms with van der Waals surface area (Å²) in [5, 5.41) is 6.18. The molecule has 1 aromatic heterocycles. The maximum Gasteiger partial charge on any atom is 0.425 e. The number of hydrogen-bond acceptors (Lipinski definition) is 3. The number of aromatic nitrogens is 2. The summed E-state index contributed by atoms with van der Waals surface area (Å²) >= 11 is 3.15. The predicted octanol–water partition coefficient (Wildman–Crippen LogP) is 3.02.